The molecule has 394 valence electrons. The fraction of sp³-hybridized carbons (Fsp3) is 0.213. The normalized spacial score (nSPS) is 13.0. The Kier molecular flexibility index (Phi) is 12.6. The summed E-state index contributed by atoms with van der Waals surface area (Å²) in [5.74, 6) is -0.463. The Hall–Kier alpha value is -7.88. The molecule has 2 aromatic heterocycles. The number of alkyl halides is 12. The second kappa shape index (κ2) is 18.4. The largest absolute Gasteiger partial charge is 0.455 e. The number of fused-ring (bicyclic) bond motifs is 2. The third kappa shape index (κ3) is 9.18. The second-order valence-electron chi connectivity index (χ2n) is 20.2. The third-order valence-corrected chi connectivity index (χ3v) is 14.2. The highest BCUT2D eigenvalue weighted by atomic mass is 19.4. The highest BCUT2D eigenvalue weighted by Gasteiger charge is 2.35. The van der Waals surface area contributed by atoms with Crippen molar-refractivity contribution >= 4 is 43.5 Å². The molecule has 0 atom stereocenters. The molecular formula is C61H43F12NO3. The van der Waals surface area contributed by atoms with Crippen LogP contribution >= 0.6 is 0 Å². The number of hydrogen-bond donors (Lipinski definition) is 0. The first-order valence-electron chi connectivity index (χ1n) is 24.3. The first-order valence-corrected chi connectivity index (χ1v) is 24.3. The van der Waals surface area contributed by atoms with Gasteiger partial charge in [0.1, 0.15) is 11.2 Å². The van der Waals surface area contributed by atoms with Crippen LogP contribution in [0.3, 0.4) is 0 Å². The van der Waals surface area contributed by atoms with E-state index in [1.807, 2.05) is 53.7 Å². The maximum absolute atomic E-state index is 15.7. The van der Waals surface area contributed by atoms with Gasteiger partial charge in [-0.2, -0.15) is 52.7 Å². The van der Waals surface area contributed by atoms with E-state index in [1.165, 1.54) is 60.7 Å². The zero-order valence-corrected chi connectivity index (χ0v) is 41.6. The predicted octanol–water partition coefficient (Wildman–Crippen LogP) is 19.0. The van der Waals surface area contributed by atoms with Crippen molar-refractivity contribution < 1.29 is 57.1 Å². The van der Waals surface area contributed by atoms with Crippen LogP contribution in [0.1, 0.15) is 98.2 Å². The lowest BCUT2D eigenvalue weighted by Gasteiger charge is -2.25. The number of pyridine rings is 1. The molecule has 0 aliphatic heterocycles. The molecule has 0 amide bonds. The lowest BCUT2D eigenvalue weighted by molar-refractivity contribution is -0.138. The van der Waals surface area contributed by atoms with Crippen LogP contribution < -0.4 is 11.1 Å². The molecule has 4 nitrogen and oxygen atoms in total. The molecule has 77 heavy (non-hydrogen) atoms. The summed E-state index contributed by atoms with van der Waals surface area (Å²) in [5.41, 5.74) is -2.15. The van der Waals surface area contributed by atoms with E-state index in [1.54, 1.807) is 0 Å². The maximum atomic E-state index is 15.7. The summed E-state index contributed by atoms with van der Waals surface area (Å²) in [6.07, 6.45) is -19.0. The van der Waals surface area contributed by atoms with Crippen molar-refractivity contribution in [1.29, 1.82) is 0 Å². The lowest BCUT2D eigenvalue weighted by atomic mass is 9.85. The van der Waals surface area contributed by atoms with Gasteiger partial charge in [-0.05, 0) is 146 Å². The van der Waals surface area contributed by atoms with Gasteiger partial charge in [-0.3, -0.25) is 9.59 Å². The average Bonchev–Trinajstić information content (AvgIpc) is 3.53. The number of hydrogen-bond acceptors (Lipinski definition) is 3. The minimum atomic E-state index is -4.78. The molecule has 16 heteroatoms. The van der Waals surface area contributed by atoms with E-state index in [0.29, 0.717) is 16.8 Å². The number of halogens is 12. The molecule has 0 aliphatic carbocycles. The van der Waals surface area contributed by atoms with Crippen molar-refractivity contribution in [3.05, 3.63) is 193 Å². The number of benzene rings is 8. The summed E-state index contributed by atoms with van der Waals surface area (Å²) in [6, 6.07) is 25.7. The van der Waals surface area contributed by atoms with Gasteiger partial charge in [0.2, 0.25) is 0 Å². The molecule has 0 spiro atoms. The molecule has 10 rings (SSSR count). The zero-order valence-electron chi connectivity index (χ0n) is 41.6. The molecular weight excluding hydrogens is 1020 g/mol. The van der Waals surface area contributed by atoms with Gasteiger partial charge in [0, 0.05) is 37.9 Å². The molecule has 0 fully saturated rings. The summed E-state index contributed by atoms with van der Waals surface area (Å²) in [6.45, 7) is 11.6. The average molecular weight is 1070 g/mol. The first kappa shape index (κ1) is 52.6. The Bertz CT molecular complexity index is 4000. The number of aromatic nitrogens is 1. The Morgan fingerprint density at radius 3 is 1.08 bits per heavy atom. The van der Waals surface area contributed by atoms with Crippen molar-refractivity contribution in [3.8, 4) is 50.2 Å². The van der Waals surface area contributed by atoms with Crippen molar-refractivity contribution in [3.63, 3.8) is 0 Å². The van der Waals surface area contributed by atoms with E-state index >= 15 is 9.59 Å². The van der Waals surface area contributed by atoms with Gasteiger partial charge in [-0.25, -0.2) is 4.57 Å². The van der Waals surface area contributed by atoms with Crippen LogP contribution in [0, 0.1) is 0 Å². The highest BCUT2D eigenvalue weighted by Crippen LogP contribution is 2.50. The summed E-state index contributed by atoms with van der Waals surface area (Å²) in [7, 11) is 0. The summed E-state index contributed by atoms with van der Waals surface area (Å²) < 4.78 is 177. The fourth-order valence-corrected chi connectivity index (χ4v) is 10.3. The monoisotopic (exact) mass is 1070 g/mol. The van der Waals surface area contributed by atoms with Crippen molar-refractivity contribution in [2.75, 3.05) is 0 Å². The van der Waals surface area contributed by atoms with Crippen LogP contribution in [0.2, 0.25) is 0 Å². The summed E-state index contributed by atoms with van der Waals surface area (Å²) >= 11 is 0. The van der Waals surface area contributed by atoms with Crippen LogP contribution in [0.5, 0.6) is 0 Å². The van der Waals surface area contributed by atoms with Gasteiger partial charge in [-0.15, -0.1) is 0 Å². The van der Waals surface area contributed by atoms with Crippen molar-refractivity contribution in [2.45, 2.75) is 84.0 Å². The molecule has 0 aliphatic rings. The van der Waals surface area contributed by atoms with Crippen LogP contribution in [0.25, 0.3) is 93.7 Å². The van der Waals surface area contributed by atoms with Crippen molar-refractivity contribution in [2.24, 2.45) is 0 Å². The SMILES string of the molecule is CC(C)c1cc(C(C)C)c(-n2c(=O)c3cc(-c4ccc(C(F)(F)F)cc4)c4oc5cc(-c6ccc(C(F)(F)F)cc6)c(-c6ccc(C(F)(F)F)cc6)cc5c5c(-c6ccc(C(F)(F)F)cc6)cc(c2=O)c3c45)c(C(C)C)c1. The zero-order chi connectivity index (χ0) is 55.6. The van der Waals surface area contributed by atoms with E-state index < -0.39 is 58.1 Å². The third-order valence-electron chi connectivity index (χ3n) is 14.2. The van der Waals surface area contributed by atoms with E-state index in [4.69, 9.17) is 4.42 Å². The Morgan fingerprint density at radius 1 is 0.377 bits per heavy atom. The molecule has 0 unspecified atom stereocenters. The predicted molar refractivity (Wildman–Crippen MR) is 276 cm³/mol. The first-order chi connectivity index (χ1) is 36.0. The van der Waals surface area contributed by atoms with Gasteiger partial charge in [0.25, 0.3) is 11.1 Å². The summed E-state index contributed by atoms with van der Waals surface area (Å²) in [5, 5.41) is 0.225. The van der Waals surface area contributed by atoms with E-state index in [9.17, 15) is 52.7 Å². The Morgan fingerprint density at radius 2 is 0.714 bits per heavy atom. The molecule has 0 bridgehead atoms. The Balaban J connectivity index is 1.44. The van der Waals surface area contributed by atoms with E-state index in [2.05, 4.69) is 0 Å². The quantitative estimate of drug-likeness (QED) is 0.0866. The van der Waals surface area contributed by atoms with Gasteiger partial charge in [0.05, 0.1) is 27.9 Å². The maximum Gasteiger partial charge on any atom is 0.416 e. The summed E-state index contributed by atoms with van der Waals surface area (Å²) in [4.78, 5) is 31.4. The molecule has 0 saturated heterocycles. The molecule has 0 N–H and O–H groups in total. The molecule has 2 heterocycles. The van der Waals surface area contributed by atoms with Crippen LogP contribution in [-0.4, -0.2) is 4.57 Å². The van der Waals surface area contributed by atoms with Gasteiger partial charge < -0.3 is 4.42 Å². The molecule has 8 aromatic carbocycles. The van der Waals surface area contributed by atoms with Crippen molar-refractivity contribution in [1.82, 2.24) is 4.57 Å². The lowest BCUT2D eigenvalue weighted by Crippen LogP contribution is -2.34. The van der Waals surface area contributed by atoms with E-state index in [0.717, 1.165) is 70.8 Å². The van der Waals surface area contributed by atoms with E-state index in [-0.39, 0.29) is 106 Å². The number of rotatable bonds is 8. The van der Waals surface area contributed by atoms with Crippen LogP contribution in [0.4, 0.5) is 52.7 Å². The number of nitrogens with zero attached hydrogens (tertiary/aromatic N) is 1. The van der Waals surface area contributed by atoms with Gasteiger partial charge in [-0.1, -0.05) is 102 Å². The van der Waals surface area contributed by atoms with Gasteiger partial charge >= 0.3 is 24.7 Å². The second-order valence-corrected chi connectivity index (χ2v) is 20.2. The molecule has 0 radical (unpaired) electrons. The Labute approximate surface area is 431 Å². The highest BCUT2D eigenvalue weighted by molar-refractivity contribution is 6.32. The minimum absolute atomic E-state index is 0.0370. The molecule has 10 aromatic rings. The van der Waals surface area contributed by atoms with Gasteiger partial charge in [0.15, 0.2) is 0 Å². The minimum Gasteiger partial charge on any atom is -0.455 e. The van der Waals surface area contributed by atoms with Crippen LogP contribution in [-0.2, 0) is 24.7 Å². The fourth-order valence-electron chi connectivity index (χ4n) is 10.3. The standard InChI is InChI=1S/C61H43F12NO3/c1-29(2)36-23-41(30(3)4)54(42(24-36)31(5)6)74-56(75)48-26-45(34-11-19-39(20-12-34)60(68,69)70)51-47-25-43(32-7-15-37(16-8-32)58(62,63)64)44(33-9-17-38(18-10-33)59(65,66)67)28-50(47)77-55-46(27-49(57(74)76)52(48)53(51)55)35-13-21-40(22-14-35)61(71,72)73/h7-31H,1-6H3. The topological polar surface area (TPSA) is 52.2 Å². The molecule has 0 saturated carbocycles. The van der Waals surface area contributed by atoms with Crippen LogP contribution in [0.15, 0.2) is 147 Å². The smallest absolute Gasteiger partial charge is 0.416 e.